The summed E-state index contributed by atoms with van der Waals surface area (Å²) in [6.07, 6.45) is 0. The van der Waals surface area contributed by atoms with Crippen LogP contribution in [0.4, 0.5) is 0 Å². The lowest BCUT2D eigenvalue weighted by atomic mass is 10.1. The van der Waals surface area contributed by atoms with Crippen LogP contribution in [0.5, 0.6) is 5.75 Å². The van der Waals surface area contributed by atoms with E-state index < -0.39 is 11.0 Å². The molecule has 0 unspecified atom stereocenters. The first-order valence-corrected chi connectivity index (χ1v) is 7.71. The van der Waals surface area contributed by atoms with Crippen molar-refractivity contribution >= 4 is 26.9 Å². The smallest absolute Gasteiger partial charge is 0.119 e. The summed E-state index contributed by atoms with van der Waals surface area (Å²) in [5.74, 6) is 0.795. The molecular formula is C13H20BrNO2S. The number of hydrogen-bond donors (Lipinski definition) is 1. The molecular weight excluding hydrogens is 314 g/mol. The maximum atomic E-state index is 12.1. The van der Waals surface area contributed by atoms with E-state index in [2.05, 4.69) is 20.7 Å². The molecule has 1 rings (SSSR count). The highest BCUT2D eigenvalue weighted by Gasteiger charge is 2.22. The number of hydrogen-bond acceptors (Lipinski definition) is 2. The summed E-state index contributed by atoms with van der Waals surface area (Å²) in [6, 6.07) is 5.75. The minimum Gasteiger partial charge on any atom is -0.497 e. The van der Waals surface area contributed by atoms with Crippen molar-refractivity contribution < 1.29 is 8.95 Å². The molecule has 102 valence electrons. The highest BCUT2D eigenvalue weighted by molar-refractivity contribution is 9.10. The van der Waals surface area contributed by atoms with E-state index in [0.717, 1.165) is 15.8 Å². The van der Waals surface area contributed by atoms with Gasteiger partial charge in [-0.15, -0.1) is 0 Å². The van der Waals surface area contributed by atoms with Crippen molar-refractivity contribution in [3.05, 3.63) is 28.2 Å². The zero-order valence-corrected chi connectivity index (χ0v) is 13.8. The summed E-state index contributed by atoms with van der Waals surface area (Å²) < 4.78 is 21.1. The normalized spacial score (nSPS) is 15.2. The van der Waals surface area contributed by atoms with Gasteiger partial charge in [0.25, 0.3) is 0 Å². The molecule has 0 aliphatic heterocycles. The minimum absolute atomic E-state index is 0.0190. The summed E-state index contributed by atoms with van der Waals surface area (Å²) in [6.45, 7) is 7.83. The molecule has 0 aromatic heterocycles. The molecule has 0 saturated carbocycles. The van der Waals surface area contributed by atoms with Gasteiger partial charge in [0.1, 0.15) is 5.75 Å². The van der Waals surface area contributed by atoms with Crippen molar-refractivity contribution in [2.45, 2.75) is 38.5 Å². The summed E-state index contributed by atoms with van der Waals surface area (Å²) in [4.78, 5) is 0. The Kier molecular flexibility index (Phi) is 5.37. The molecule has 0 radical (unpaired) electrons. The molecule has 18 heavy (non-hydrogen) atoms. The number of nitrogens with one attached hydrogen (secondary N) is 1. The molecule has 1 aromatic carbocycles. The molecule has 0 fully saturated rings. The molecule has 0 bridgehead atoms. The molecule has 0 aliphatic carbocycles. The van der Waals surface area contributed by atoms with Gasteiger partial charge in [0.2, 0.25) is 0 Å². The Balaban J connectivity index is 2.90. The van der Waals surface area contributed by atoms with E-state index in [4.69, 9.17) is 4.74 Å². The second kappa shape index (κ2) is 6.17. The zero-order valence-electron chi connectivity index (χ0n) is 11.4. The fourth-order valence-corrected chi connectivity index (χ4v) is 2.77. The first kappa shape index (κ1) is 15.7. The topological polar surface area (TPSA) is 38.3 Å². The molecule has 5 heteroatoms. The van der Waals surface area contributed by atoms with Crippen molar-refractivity contribution in [1.82, 2.24) is 4.72 Å². The van der Waals surface area contributed by atoms with Crippen LogP contribution in [0.15, 0.2) is 22.7 Å². The molecule has 3 nitrogen and oxygen atoms in total. The van der Waals surface area contributed by atoms with Gasteiger partial charge >= 0.3 is 0 Å². The van der Waals surface area contributed by atoms with E-state index in [1.807, 2.05) is 45.9 Å². The fourth-order valence-electron chi connectivity index (χ4n) is 1.38. The van der Waals surface area contributed by atoms with Crippen LogP contribution in [-0.4, -0.2) is 16.1 Å². The first-order chi connectivity index (χ1) is 8.25. The van der Waals surface area contributed by atoms with E-state index in [1.54, 1.807) is 7.11 Å². The van der Waals surface area contributed by atoms with Crippen LogP contribution < -0.4 is 9.46 Å². The van der Waals surface area contributed by atoms with Gasteiger partial charge < -0.3 is 4.74 Å². The number of halogens is 1. The lowest BCUT2D eigenvalue weighted by Crippen LogP contribution is -2.34. The van der Waals surface area contributed by atoms with E-state index in [0.29, 0.717) is 0 Å². The van der Waals surface area contributed by atoms with Crippen LogP contribution >= 0.6 is 15.9 Å². The van der Waals surface area contributed by atoms with Crippen molar-refractivity contribution in [2.75, 3.05) is 7.11 Å². The maximum Gasteiger partial charge on any atom is 0.119 e. The van der Waals surface area contributed by atoms with E-state index in [-0.39, 0.29) is 10.8 Å². The number of methoxy groups -OCH3 is 1. The van der Waals surface area contributed by atoms with Crippen LogP contribution in [0.25, 0.3) is 0 Å². The summed E-state index contributed by atoms with van der Waals surface area (Å²) in [5, 5.41) is 0. The number of rotatable bonds is 4. The number of ether oxygens (including phenoxy) is 1. The highest BCUT2D eigenvalue weighted by atomic mass is 79.9. The Morgan fingerprint density at radius 2 is 2.00 bits per heavy atom. The van der Waals surface area contributed by atoms with Crippen molar-refractivity contribution in [2.24, 2.45) is 0 Å². The molecule has 1 N–H and O–H groups in total. The van der Waals surface area contributed by atoms with Gasteiger partial charge in [0.05, 0.1) is 22.8 Å². The van der Waals surface area contributed by atoms with Gasteiger partial charge in [-0.1, -0.05) is 15.9 Å². The summed E-state index contributed by atoms with van der Waals surface area (Å²) >= 11 is 3.51. The third-order valence-corrected chi connectivity index (χ3v) is 4.91. The fraction of sp³-hybridized carbons (Fsp3) is 0.538. The molecule has 0 spiro atoms. The lowest BCUT2D eigenvalue weighted by Gasteiger charge is -2.23. The second-order valence-corrected chi connectivity index (χ2v) is 7.96. The second-order valence-electron chi connectivity index (χ2n) is 5.11. The molecule has 1 aromatic rings. The van der Waals surface area contributed by atoms with Crippen molar-refractivity contribution in [3.63, 3.8) is 0 Å². The summed E-state index contributed by atoms with van der Waals surface area (Å²) in [5.41, 5.74) is 1.03. The molecule has 0 aliphatic rings. The average Bonchev–Trinajstić information content (AvgIpc) is 2.28. The minimum atomic E-state index is -1.10. The van der Waals surface area contributed by atoms with E-state index in [1.165, 1.54) is 0 Å². The van der Waals surface area contributed by atoms with Crippen LogP contribution in [0.3, 0.4) is 0 Å². The third-order valence-electron chi connectivity index (χ3n) is 2.51. The zero-order chi connectivity index (χ0) is 13.9. The van der Waals surface area contributed by atoms with Crippen molar-refractivity contribution in [1.29, 1.82) is 0 Å². The Morgan fingerprint density at radius 3 is 2.50 bits per heavy atom. The quantitative estimate of drug-likeness (QED) is 0.914. The van der Waals surface area contributed by atoms with Crippen LogP contribution in [0, 0.1) is 0 Å². The van der Waals surface area contributed by atoms with Gasteiger partial charge in [-0.3, -0.25) is 0 Å². The van der Waals surface area contributed by atoms with Crippen LogP contribution in [-0.2, 0) is 11.0 Å². The SMILES string of the molecule is COc1ccc(Br)c([C@H](C)N[S@@](=O)C(C)(C)C)c1. The molecule has 0 saturated heterocycles. The third kappa shape index (κ3) is 4.07. The Bertz CT molecular complexity index is 443. The molecule has 0 amide bonds. The average molecular weight is 334 g/mol. The van der Waals surface area contributed by atoms with Gasteiger partial charge in [0, 0.05) is 10.5 Å². The largest absolute Gasteiger partial charge is 0.497 e. The number of benzene rings is 1. The van der Waals surface area contributed by atoms with Crippen LogP contribution in [0.2, 0.25) is 0 Å². The van der Waals surface area contributed by atoms with Gasteiger partial charge in [-0.2, -0.15) is 0 Å². The first-order valence-electron chi connectivity index (χ1n) is 5.77. The summed E-state index contributed by atoms with van der Waals surface area (Å²) in [7, 11) is 0.541. The predicted molar refractivity (Wildman–Crippen MR) is 80.1 cm³/mol. The maximum absolute atomic E-state index is 12.1. The lowest BCUT2D eigenvalue weighted by molar-refractivity contribution is 0.413. The molecule has 0 heterocycles. The Hall–Kier alpha value is -0.390. The van der Waals surface area contributed by atoms with E-state index >= 15 is 0 Å². The van der Waals surface area contributed by atoms with Gasteiger partial charge in [0.15, 0.2) is 0 Å². The van der Waals surface area contributed by atoms with Gasteiger partial charge in [-0.05, 0) is 51.5 Å². The van der Waals surface area contributed by atoms with Crippen LogP contribution in [0.1, 0.15) is 39.3 Å². The van der Waals surface area contributed by atoms with Gasteiger partial charge in [-0.25, -0.2) is 8.93 Å². The Labute approximate surface area is 120 Å². The monoisotopic (exact) mass is 333 g/mol. The van der Waals surface area contributed by atoms with E-state index in [9.17, 15) is 4.21 Å². The Morgan fingerprint density at radius 1 is 1.39 bits per heavy atom. The molecule has 2 atom stereocenters. The van der Waals surface area contributed by atoms with Crippen molar-refractivity contribution in [3.8, 4) is 5.75 Å². The predicted octanol–water partition coefficient (Wildman–Crippen LogP) is 3.57. The standard InChI is InChI=1S/C13H20BrNO2S/c1-9(15-18(16)13(2,3)4)11-8-10(17-5)6-7-12(11)14/h6-9,15H,1-5H3/t9-,18-/m0/s1. The highest BCUT2D eigenvalue weighted by Crippen LogP contribution is 2.28.